The highest BCUT2D eigenvalue weighted by Gasteiger charge is 2.22. The van der Waals surface area contributed by atoms with E-state index in [2.05, 4.69) is 18.3 Å². The minimum absolute atomic E-state index is 0.331. The second kappa shape index (κ2) is 11.4. The molecule has 1 N–H and O–H groups in total. The van der Waals surface area contributed by atoms with Crippen molar-refractivity contribution >= 4 is 11.3 Å². The number of hydrogen-bond donors (Lipinski definition) is 1. The number of thiophene rings is 1. The third-order valence-corrected chi connectivity index (χ3v) is 4.25. The molecule has 2 heterocycles. The first-order valence-electron chi connectivity index (χ1n) is 7.72. The first-order chi connectivity index (χ1) is 9.35. The van der Waals surface area contributed by atoms with Crippen molar-refractivity contribution in [3.8, 4) is 0 Å². The first-order valence-corrected chi connectivity index (χ1v) is 8.54. The predicted octanol–water partition coefficient (Wildman–Crippen LogP) is 4.59. The molecule has 0 bridgehead atoms. The number of nitrogens with one attached hydrogen (secondary N) is 1. The van der Waals surface area contributed by atoms with E-state index in [1.165, 1.54) is 10.4 Å². The minimum Gasteiger partial charge on any atom is -0.373 e. The summed E-state index contributed by atoms with van der Waals surface area (Å²) >= 11 is 1.97. The Hall–Kier alpha value is -0.380. The average molecular weight is 285 g/mol. The van der Waals surface area contributed by atoms with Crippen molar-refractivity contribution in [2.24, 2.45) is 0 Å². The Bertz CT molecular complexity index is 323. The third kappa shape index (κ3) is 5.64. The molecule has 0 fully saturated rings. The summed E-state index contributed by atoms with van der Waals surface area (Å²) in [7, 11) is 1.99. The molecular formula is C16H31NOS. The summed E-state index contributed by atoms with van der Waals surface area (Å²) in [6.45, 7) is 12.1. The van der Waals surface area contributed by atoms with Crippen LogP contribution in [0.5, 0.6) is 0 Å². The molecule has 0 saturated carbocycles. The van der Waals surface area contributed by atoms with Gasteiger partial charge in [0.1, 0.15) is 0 Å². The molecule has 0 aliphatic carbocycles. The zero-order valence-electron chi connectivity index (χ0n) is 13.5. The molecule has 2 rings (SSSR count). The number of hydrogen-bond acceptors (Lipinski definition) is 3. The smallest absolute Gasteiger partial charge is 0.0848 e. The van der Waals surface area contributed by atoms with Gasteiger partial charge in [-0.05, 0) is 38.1 Å². The van der Waals surface area contributed by atoms with Crippen molar-refractivity contribution in [1.29, 1.82) is 0 Å². The molecule has 1 aromatic heterocycles. The van der Waals surface area contributed by atoms with Crippen molar-refractivity contribution in [3.05, 3.63) is 21.4 Å². The highest BCUT2D eigenvalue weighted by Crippen LogP contribution is 2.35. The van der Waals surface area contributed by atoms with Crippen molar-refractivity contribution in [1.82, 2.24) is 5.32 Å². The summed E-state index contributed by atoms with van der Waals surface area (Å²) in [6.07, 6.45) is 3.67. The largest absolute Gasteiger partial charge is 0.373 e. The fourth-order valence-corrected chi connectivity index (χ4v) is 3.18. The van der Waals surface area contributed by atoms with E-state index in [0.29, 0.717) is 6.10 Å². The second-order valence-corrected chi connectivity index (χ2v) is 5.17. The maximum Gasteiger partial charge on any atom is 0.0848 e. The van der Waals surface area contributed by atoms with E-state index in [0.717, 1.165) is 32.4 Å². The van der Waals surface area contributed by atoms with Gasteiger partial charge in [0.05, 0.1) is 12.7 Å². The predicted molar refractivity (Wildman–Crippen MR) is 87.3 cm³/mol. The molecule has 1 aliphatic heterocycles. The molecule has 1 aromatic rings. The highest BCUT2D eigenvalue weighted by atomic mass is 32.1. The van der Waals surface area contributed by atoms with Crippen LogP contribution in [0.1, 0.15) is 62.5 Å². The van der Waals surface area contributed by atoms with Crippen LogP contribution in [0.25, 0.3) is 0 Å². The Labute approximate surface area is 123 Å². The Morgan fingerprint density at radius 1 is 1.32 bits per heavy atom. The van der Waals surface area contributed by atoms with E-state index in [1.54, 1.807) is 4.88 Å². The van der Waals surface area contributed by atoms with Crippen LogP contribution in [0.15, 0.2) is 6.07 Å². The number of rotatable bonds is 4. The van der Waals surface area contributed by atoms with E-state index < -0.39 is 0 Å². The van der Waals surface area contributed by atoms with Gasteiger partial charge in [-0.25, -0.2) is 0 Å². The quantitative estimate of drug-likeness (QED) is 0.874. The van der Waals surface area contributed by atoms with E-state index >= 15 is 0 Å². The Balaban J connectivity index is 0.000000741. The molecule has 3 heteroatoms. The zero-order valence-corrected chi connectivity index (χ0v) is 14.3. The van der Waals surface area contributed by atoms with Crippen LogP contribution in [-0.4, -0.2) is 20.2 Å². The lowest BCUT2D eigenvalue weighted by Gasteiger charge is -2.23. The molecule has 0 aromatic carbocycles. The summed E-state index contributed by atoms with van der Waals surface area (Å²) in [5, 5.41) is 3.19. The van der Waals surface area contributed by atoms with Gasteiger partial charge in [-0.1, -0.05) is 34.6 Å². The maximum absolute atomic E-state index is 5.83. The van der Waals surface area contributed by atoms with Gasteiger partial charge in [-0.15, -0.1) is 11.3 Å². The van der Waals surface area contributed by atoms with E-state index in [4.69, 9.17) is 4.74 Å². The molecule has 1 unspecified atom stereocenters. The SMILES string of the molecule is CC.CC.CCc1cc2c(s1)CCOC2CCNC. The second-order valence-electron chi connectivity index (χ2n) is 3.95. The van der Waals surface area contributed by atoms with Gasteiger partial charge >= 0.3 is 0 Å². The molecule has 19 heavy (non-hydrogen) atoms. The van der Waals surface area contributed by atoms with Crippen molar-refractivity contribution in [2.45, 2.75) is 60.0 Å². The summed E-state index contributed by atoms with van der Waals surface area (Å²) in [5.41, 5.74) is 1.46. The standard InChI is InChI=1S/C12H19NOS.2C2H6/c1-3-9-8-10-11(4-6-13-2)14-7-5-12(10)15-9;2*1-2/h8,11,13H,3-7H2,1-2H3;2*1-2H3. The van der Waals surface area contributed by atoms with Crippen molar-refractivity contribution < 1.29 is 4.74 Å². The van der Waals surface area contributed by atoms with Crippen LogP contribution in [-0.2, 0) is 17.6 Å². The fraction of sp³-hybridized carbons (Fsp3) is 0.750. The monoisotopic (exact) mass is 285 g/mol. The van der Waals surface area contributed by atoms with Crippen LogP contribution in [0.2, 0.25) is 0 Å². The van der Waals surface area contributed by atoms with Crippen LogP contribution >= 0.6 is 11.3 Å². The van der Waals surface area contributed by atoms with Crippen molar-refractivity contribution in [2.75, 3.05) is 20.2 Å². The summed E-state index contributed by atoms with van der Waals surface area (Å²) < 4.78 is 5.83. The molecule has 0 amide bonds. The molecule has 0 radical (unpaired) electrons. The highest BCUT2D eigenvalue weighted by molar-refractivity contribution is 7.12. The van der Waals surface area contributed by atoms with Gasteiger partial charge in [0.15, 0.2) is 0 Å². The van der Waals surface area contributed by atoms with E-state index in [-0.39, 0.29) is 0 Å². The third-order valence-electron chi connectivity index (χ3n) is 2.89. The van der Waals surface area contributed by atoms with Crippen LogP contribution in [0.4, 0.5) is 0 Å². The Kier molecular flexibility index (Phi) is 11.2. The topological polar surface area (TPSA) is 21.3 Å². The molecule has 0 saturated heterocycles. The van der Waals surface area contributed by atoms with Gasteiger partial charge in [0.2, 0.25) is 0 Å². The number of ether oxygens (including phenoxy) is 1. The lowest BCUT2D eigenvalue weighted by Crippen LogP contribution is -2.19. The number of aryl methyl sites for hydroxylation is 1. The van der Waals surface area contributed by atoms with Gasteiger partial charge in [0.25, 0.3) is 0 Å². The lowest BCUT2D eigenvalue weighted by molar-refractivity contribution is 0.0383. The van der Waals surface area contributed by atoms with E-state index in [9.17, 15) is 0 Å². The molecular weight excluding hydrogens is 254 g/mol. The van der Waals surface area contributed by atoms with E-state index in [1.807, 2.05) is 46.1 Å². The Morgan fingerprint density at radius 2 is 2.00 bits per heavy atom. The van der Waals surface area contributed by atoms with Gasteiger partial charge in [0, 0.05) is 16.2 Å². The molecule has 112 valence electrons. The van der Waals surface area contributed by atoms with Crippen LogP contribution in [0.3, 0.4) is 0 Å². The van der Waals surface area contributed by atoms with Gasteiger partial charge < -0.3 is 10.1 Å². The van der Waals surface area contributed by atoms with Crippen LogP contribution < -0.4 is 5.32 Å². The average Bonchev–Trinajstić information content (AvgIpc) is 2.93. The van der Waals surface area contributed by atoms with Gasteiger partial charge in [-0.3, -0.25) is 0 Å². The maximum atomic E-state index is 5.83. The normalized spacial score (nSPS) is 16.6. The zero-order chi connectivity index (χ0) is 14.7. The molecule has 0 spiro atoms. The molecule has 1 aliphatic rings. The molecule has 2 nitrogen and oxygen atoms in total. The molecule has 1 atom stereocenters. The number of fused-ring (bicyclic) bond motifs is 1. The first kappa shape index (κ1) is 18.6. The Morgan fingerprint density at radius 3 is 2.58 bits per heavy atom. The summed E-state index contributed by atoms with van der Waals surface area (Å²) in [4.78, 5) is 3.05. The lowest BCUT2D eigenvalue weighted by atomic mass is 10.0. The summed E-state index contributed by atoms with van der Waals surface area (Å²) in [6, 6.07) is 2.35. The fourth-order valence-electron chi connectivity index (χ4n) is 2.04. The summed E-state index contributed by atoms with van der Waals surface area (Å²) in [5.74, 6) is 0. The van der Waals surface area contributed by atoms with Crippen LogP contribution in [0, 0.1) is 0 Å². The minimum atomic E-state index is 0.331. The van der Waals surface area contributed by atoms with Gasteiger partial charge in [-0.2, -0.15) is 0 Å². The van der Waals surface area contributed by atoms with Crippen molar-refractivity contribution in [3.63, 3.8) is 0 Å².